The first kappa shape index (κ1) is 19.9. The van der Waals surface area contributed by atoms with Gasteiger partial charge in [-0.2, -0.15) is 0 Å². The molecule has 0 fully saturated rings. The predicted octanol–water partition coefficient (Wildman–Crippen LogP) is 3.04. The molecule has 0 aliphatic heterocycles. The van der Waals surface area contributed by atoms with Crippen LogP contribution >= 0.6 is 0 Å². The van der Waals surface area contributed by atoms with E-state index in [9.17, 15) is 13.2 Å². The third-order valence-electron chi connectivity index (χ3n) is 3.82. The monoisotopic (exact) mass is 376 g/mol. The molecule has 0 aliphatic rings. The van der Waals surface area contributed by atoms with Crippen LogP contribution in [0.1, 0.15) is 18.4 Å². The second kappa shape index (κ2) is 8.82. The molecule has 6 nitrogen and oxygen atoms in total. The van der Waals surface area contributed by atoms with Crippen LogP contribution in [0.3, 0.4) is 0 Å². The zero-order valence-electron chi connectivity index (χ0n) is 15.2. The summed E-state index contributed by atoms with van der Waals surface area (Å²) in [6, 6.07) is 13.9. The quantitative estimate of drug-likeness (QED) is 0.719. The van der Waals surface area contributed by atoms with E-state index in [0.29, 0.717) is 25.1 Å². The van der Waals surface area contributed by atoms with Crippen LogP contribution in [0, 0.1) is 6.92 Å². The van der Waals surface area contributed by atoms with Gasteiger partial charge < -0.3 is 10.1 Å². The van der Waals surface area contributed by atoms with Gasteiger partial charge in [-0.05, 0) is 49.2 Å². The second-order valence-corrected chi connectivity index (χ2v) is 8.23. The van der Waals surface area contributed by atoms with Gasteiger partial charge in [0.05, 0.1) is 11.5 Å². The molecule has 2 aromatic rings. The lowest BCUT2D eigenvalue weighted by Gasteiger charge is -2.12. The van der Waals surface area contributed by atoms with Crippen molar-refractivity contribution in [2.45, 2.75) is 24.7 Å². The standard InChI is InChI=1S/C19H24N2O4S/c1-15-7-4-5-8-18(15)25-14-6-9-19(22)20-16-10-12-17(13-11-16)26(23,24)21(2)3/h4-5,7-8,10-13H,6,9,14H2,1-3H3,(H,20,22). The molecule has 0 saturated heterocycles. The Bertz CT molecular complexity index is 846. The van der Waals surface area contributed by atoms with Gasteiger partial charge in [0.1, 0.15) is 5.75 Å². The van der Waals surface area contributed by atoms with Crippen LogP contribution in [0.25, 0.3) is 0 Å². The van der Waals surface area contributed by atoms with Crippen molar-refractivity contribution >= 4 is 21.6 Å². The van der Waals surface area contributed by atoms with E-state index in [1.807, 2.05) is 31.2 Å². The lowest BCUT2D eigenvalue weighted by Crippen LogP contribution is -2.22. The van der Waals surface area contributed by atoms with Crippen LogP contribution in [-0.2, 0) is 14.8 Å². The van der Waals surface area contributed by atoms with E-state index in [-0.39, 0.29) is 10.8 Å². The van der Waals surface area contributed by atoms with Gasteiger partial charge in [0, 0.05) is 26.2 Å². The third kappa shape index (κ3) is 5.31. The second-order valence-electron chi connectivity index (χ2n) is 6.08. The van der Waals surface area contributed by atoms with Crippen molar-refractivity contribution in [2.75, 3.05) is 26.0 Å². The molecule has 2 aromatic carbocycles. The maximum absolute atomic E-state index is 12.0. The molecule has 0 radical (unpaired) electrons. The molecule has 0 saturated carbocycles. The maximum Gasteiger partial charge on any atom is 0.242 e. The Morgan fingerprint density at radius 1 is 1.08 bits per heavy atom. The Balaban J connectivity index is 1.80. The van der Waals surface area contributed by atoms with Gasteiger partial charge in [-0.1, -0.05) is 18.2 Å². The maximum atomic E-state index is 12.0. The van der Waals surface area contributed by atoms with Gasteiger partial charge in [0.2, 0.25) is 15.9 Å². The summed E-state index contributed by atoms with van der Waals surface area (Å²) < 4.78 is 30.8. The fraction of sp³-hybridized carbons (Fsp3) is 0.316. The topological polar surface area (TPSA) is 75.7 Å². The molecule has 0 bridgehead atoms. The summed E-state index contributed by atoms with van der Waals surface area (Å²) >= 11 is 0. The molecule has 0 aliphatic carbocycles. The Morgan fingerprint density at radius 2 is 1.73 bits per heavy atom. The summed E-state index contributed by atoms with van der Waals surface area (Å²) in [4.78, 5) is 12.2. The number of sulfonamides is 1. The van der Waals surface area contributed by atoms with E-state index < -0.39 is 10.0 Å². The number of aryl methyl sites for hydroxylation is 1. The molecule has 1 amide bonds. The summed E-state index contributed by atoms with van der Waals surface area (Å²) in [6.45, 7) is 2.43. The smallest absolute Gasteiger partial charge is 0.242 e. The molecule has 140 valence electrons. The fourth-order valence-corrected chi connectivity index (χ4v) is 3.18. The van der Waals surface area contributed by atoms with Crippen molar-refractivity contribution in [3.05, 3.63) is 54.1 Å². The highest BCUT2D eigenvalue weighted by atomic mass is 32.2. The fourth-order valence-electron chi connectivity index (χ4n) is 2.28. The molecule has 0 atom stereocenters. The zero-order chi connectivity index (χ0) is 19.2. The van der Waals surface area contributed by atoms with E-state index in [4.69, 9.17) is 4.74 Å². The number of carbonyl (C=O) groups is 1. The molecule has 26 heavy (non-hydrogen) atoms. The number of nitrogens with zero attached hydrogens (tertiary/aromatic N) is 1. The number of nitrogens with one attached hydrogen (secondary N) is 1. The van der Waals surface area contributed by atoms with Crippen LogP contribution in [-0.4, -0.2) is 39.3 Å². The van der Waals surface area contributed by atoms with Crippen molar-refractivity contribution in [3.8, 4) is 5.75 Å². The van der Waals surface area contributed by atoms with E-state index in [2.05, 4.69) is 5.32 Å². The highest BCUT2D eigenvalue weighted by molar-refractivity contribution is 7.89. The first-order valence-corrected chi connectivity index (χ1v) is 9.75. The van der Waals surface area contributed by atoms with Gasteiger partial charge in [-0.3, -0.25) is 4.79 Å². The Kier molecular flexibility index (Phi) is 6.76. The van der Waals surface area contributed by atoms with Gasteiger partial charge in [-0.25, -0.2) is 12.7 Å². The van der Waals surface area contributed by atoms with Crippen LogP contribution in [0.4, 0.5) is 5.69 Å². The highest BCUT2D eigenvalue weighted by Crippen LogP contribution is 2.18. The molecular formula is C19H24N2O4S. The minimum Gasteiger partial charge on any atom is -0.493 e. The van der Waals surface area contributed by atoms with E-state index >= 15 is 0 Å². The molecule has 0 spiro atoms. The van der Waals surface area contributed by atoms with E-state index in [1.54, 1.807) is 12.1 Å². The number of amides is 1. The highest BCUT2D eigenvalue weighted by Gasteiger charge is 2.16. The Labute approximate surface area is 154 Å². The summed E-state index contributed by atoms with van der Waals surface area (Å²) in [5.41, 5.74) is 1.62. The summed E-state index contributed by atoms with van der Waals surface area (Å²) in [5.74, 6) is 0.687. The number of para-hydroxylation sites is 1. The van der Waals surface area contributed by atoms with Crippen molar-refractivity contribution in [1.82, 2.24) is 4.31 Å². The van der Waals surface area contributed by atoms with Crippen LogP contribution < -0.4 is 10.1 Å². The molecule has 1 N–H and O–H groups in total. The van der Waals surface area contributed by atoms with E-state index in [0.717, 1.165) is 15.6 Å². The normalized spacial score (nSPS) is 11.4. The van der Waals surface area contributed by atoms with E-state index in [1.165, 1.54) is 26.2 Å². The van der Waals surface area contributed by atoms with Crippen molar-refractivity contribution in [1.29, 1.82) is 0 Å². The van der Waals surface area contributed by atoms with Crippen LogP contribution in [0.2, 0.25) is 0 Å². The Morgan fingerprint density at radius 3 is 2.35 bits per heavy atom. The molecule has 7 heteroatoms. The molecule has 0 heterocycles. The van der Waals surface area contributed by atoms with Gasteiger partial charge >= 0.3 is 0 Å². The zero-order valence-corrected chi connectivity index (χ0v) is 16.0. The summed E-state index contributed by atoms with van der Waals surface area (Å²) in [6.07, 6.45) is 0.914. The average molecular weight is 376 g/mol. The minimum atomic E-state index is -3.47. The summed E-state index contributed by atoms with van der Waals surface area (Å²) in [7, 11) is -0.513. The first-order valence-electron chi connectivity index (χ1n) is 8.31. The van der Waals surface area contributed by atoms with Crippen molar-refractivity contribution in [3.63, 3.8) is 0 Å². The predicted molar refractivity (Wildman–Crippen MR) is 102 cm³/mol. The minimum absolute atomic E-state index is 0.137. The van der Waals surface area contributed by atoms with Crippen molar-refractivity contribution < 1.29 is 17.9 Å². The molecule has 2 rings (SSSR count). The average Bonchev–Trinajstić information content (AvgIpc) is 2.60. The number of carbonyl (C=O) groups excluding carboxylic acids is 1. The van der Waals surface area contributed by atoms with Gasteiger partial charge in [0.15, 0.2) is 0 Å². The van der Waals surface area contributed by atoms with Gasteiger partial charge in [-0.15, -0.1) is 0 Å². The number of benzene rings is 2. The first-order chi connectivity index (χ1) is 12.3. The lowest BCUT2D eigenvalue weighted by molar-refractivity contribution is -0.116. The van der Waals surface area contributed by atoms with Crippen LogP contribution in [0.15, 0.2) is 53.4 Å². The number of ether oxygens (including phenoxy) is 1. The van der Waals surface area contributed by atoms with Crippen molar-refractivity contribution in [2.24, 2.45) is 0 Å². The molecule has 0 unspecified atom stereocenters. The SMILES string of the molecule is Cc1ccccc1OCCCC(=O)Nc1ccc(S(=O)(=O)N(C)C)cc1. The number of hydrogen-bond acceptors (Lipinski definition) is 4. The lowest BCUT2D eigenvalue weighted by atomic mass is 10.2. The third-order valence-corrected chi connectivity index (χ3v) is 5.65. The Hall–Kier alpha value is -2.38. The number of rotatable bonds is 8. The number of anilines is 1. The molecular weight excluding hydrogens is 352 g/mol. The molecule has 0 aromatic heterocycles. The van der Waals surface area contributed by atoms with Gasteiger partial charge in [0.25, 0.3) is 0 Å². The number of hydrogen-bond donors (Lipinski definition) is 1. The van der Waals surface area contributed by atoms with Crippen LogP contribution in [0.5, 0.6) is 5.75 Å². The summed E-state index contributed by atoms with van der Waals surface area (Å²) in [5, 5.41) is 2.76. The largest absolute Gasteiger partial charge is 0.493 e.